The van der Waals surface area contributed by atoms with Gasteiger partial charge in [-0.2, -0.15) is 0 Å². The Hall–Kier alpha value is -9.71. The fourth-order valence-corrected chi connectivity index (χ4v) is 9.18. The molecular weight excluding hydrogens is 1160 g/mol. The number of aliphatic imine (C=N–C) groups is 2. The second-order valence-electron chi connectivity index (χ2n) is 21.7. The summed E-state index contributed by atoms with van der Waals surface area (Å²) in [5.41, 5.74) is 46.5. The molecule has 0 heterocycles. The van der Waals surface area contributed by atoms with E-state index in [-0.39, 0.29) is 89.3 Å². The van der Waals surface area contributed by atoms with Crippen LogP contribution in [0.3, 0.4) is 0 Å². The minimum Gasteiger partial charge on any atom is -0.481 e. The number of carbonyl (C=O) groups excluding carboxylic acids is 10. The molecule has 0 saturated carbocycles. The zero-order valence-corrected chi connectivity index (χ0v) is 50.9. The highest BCUT2D eigenvalue weighted by Gasteiger charge is 2.37. The molecule has 30 nitrogen and oxygen atoms in total. The number of hydrogen-bond acceptors (Lipinski definition) is 15. The summed E-state index contributed by atoms with van der Waals surface area (Å²) in [6.45, 7) is 3.85. The highest BCUT2D eigenvalue weighted by Crippen LogP contribution is 2.15. The maximum atomic E-state index is 14.7. The molecule has 3 rings (SSSR count). The molecule has 0 aromatic heterocycles. The molecule has 0 aliphatic heterocycles. The Morgan fingerprint density at radius 1 is 0.444 bits per heavy atom. The lowest BCUT2D eigenvalue weighted by atomic mass is 9.96. The Kier molecular flexibility index (Phi) is 33.1. The van der Waals surface area contributed by atoms with E-state index >= 15 is 0 Å². The van der Waals surface area contributed by atoms with Gasteiger partial charge in [-0.1, -0.05) is 111 Å². The number of primary amides is 2. The number of nitrogens with zero attached hydrogens (tertiary/aromatic N) is 2. The molecule has 30 heteroatoms. The number of carbonyl (C=O) groups is 11. The standard InChI is InChI=1S/C60H90N18O12/c1-3-35(2)49(58(90)73-41(25-16-30-70-60(67)68)52(84)74-43(50(64)82)31-36-17-7-4-8-18-36)78-57(89)45(33-38-21-11-6-12-22-38)77-54(86)42(26-27-48(80)81)72-55(87)44(32-37-19-9-5-10-20-37)76-53(85)40(24-13-14-28-61)71-56(88)46(34-47(63)79)75-51(83)39(62)23-15-29-69-59(65)66/h4-12,17-22,35,39-46,49H,3,13-16,23-34,61-62H2,1-2H3,(H2,63,79)(H2,64,82)(H,71,88)(H,72,87)(H,73,90)(H,74,84)(H,75,83)(H,76,85)(H,77,86)(H,78,89)(H,80,81)(H4,65,66,69)(H4,67,68,70)/t35-,39-,40-,41-,42-,43-,44-,45-,46-,49-/m0/s1. The van der Waals surface area contributed by atoms with E-state index < -0.39 is 145 Å². The summed E-state index contributed by atoms with van der Waals surface area (Å²) in [5.74, 6) is -11.4. The van der Waals surface area contributed by atoms with Crippen LogP contribution in [0.2, 0.25) is 0 Å². The predicted molar refractivity (Wildman–Crippen MR) is 336 cm³/mol. The molecule has 0 unspecified atom stereocenters. The first-order valence-corrected chi connectivity index (χ1v) is 29.7. The lowest BCUT2D eigenvalue weighted by Crippen LogP contribution is -2.61. The first-order chi connectivity index (χ1) is 42.8. The summed E-state index contributed by atoms with van der Waals surface area (Å²) in [6.07, 6.45) is -0.855. The molecule has 0 spiro atoms. The van der Waals surface area contributed by atoms with Gasteiger partial charge in [-0.25, -0.2) is 0 Å². The van der Waals surface area contributed by atoms with Crippen molar-refractivity contribution >= 4 is 77.0 Å². The Bertz CT molecular complexity index is 2900. The SMILES string of the molecule is CC[C@H](C)[C@H](NC(=O)[C@H](Cc1ccccc1)NC(=O)[C@H](CCC(=O)O)NC(=O)[C@H](Cc1ccccc1)NC(=O)[C@H](CCCCN)NC(=O)[C@H](CC(N)=O)NC(=O)[C@@H](N)CCCN=C(N)N)C(=O)N[C@@H](CCCN=C(N)N)C(=O)N[C@@H](Cc1ccccc1)C(N)=O. The van der Waals surface area contributed by atoms with Crippen LogP contribution in [0.25, 0.3) is 0 Å². The summed E-state index contributed by atoms with van der Waals surface area (Å²) < 4.78 is 0. The summed E-state index contributed by atoms with van der Waals surface area (Å²) in [7, 11) is 0. The van der Waals surface area contributed by atoms with Gasteiger partial charge in [0.15, 0.2) is 11.9 Å². The van der Waals surface area contributed by atoms with E-state index in [0.29, 0.717) is 29.5 Å². The van der Waals surface area contributed by atoms with Gasteiger partial charge in [-0.15, -0.1) is 0 Å². The number of nitrogens with one attached hydrogen (secondary N) is 8. The molecule has 0 bridgehead atoms. The van der Waals surface area contributed by atoms with Crippen molar-refractivity contribution in [2.45, 2.75) is 158 Å². The average molecular weight is 1260 g/mol. The lowest BCUT2D eigenvalue weighted by Gasteiger charge is -2.30. The number of amides is 10. The van der Waals surface area contributed by atoms with Gasteiger partial charge in [0.2, 0.25) is 59.1 Å². The van der Waals surface area contributed by atoms with E-state index in [2.05, 4.69) is 52.5 Å². The van der Waals surface area contributed by atoms with E-state index in [1.807, 2.05) is 0 Å². The van der Waals surface area contributed by atoms with E-state index in [1.165, 1.54) is 0 Å². The smallest absolute Gasteiger partial charge is 0.303 e. The summed E-state index contributed by atoms with van der Waals surface area (Å²) in [4.78, 5) is 159. The molecule has 3 aromatic rings. The molecule has 10 atom stereocenters. The highest BCUT2D eigenvalue weighted by atomic mass is 16.4. The van der Waals surface area contributed by atoms with Crippen molar-refractivity contribution in [1.82, 2.24) is 42.5 Å². The van der Waals surface area contributed by atoms with Crippen molar-refractivity contribution in [1.29, 1.82) is 0 Å². The van der Waals surface area contributed by atoms with Crippen molar-refractivity contribution in [2.75, 3.05) is 19.6 Å². The van der Waals surface area contributed by atoms with Crippen molar-refractivity contribution < 1.29 is 57.8 Å². The number of guanidine groups is 2. The van der Waals surface area contributed by atoms with Gasteiger partial charge in [-0.05, 0) is 80.5 Å². The second kappa shape index (κ2) is 40.0. The number of aliphatic carboxylic acids is 1. The first kappa shape index (κ1) is 74.5. The molecule has 25 N–H and O–H groups in total. The van der Waals surface area contributed by atoms with Crippen molar-refractivity contribution in [3.63, 3.8) is 0 Å². The van der Waals surface area contributed by atoms with Crippen LogP contribution >= 0.6 is 0 Å². The monoisotopic (exact) mass is 1250 g/mol. The van der Waals surface area contributed by atoms with Crippen LogP contribution in [0.4, 0.5) is 0 Å². The normalized spacial score (nSPS) is 14.2. The summed E-state index contributed by atoms with van der Waals surface area (Å²) in [5, 5.41) is 30.8. The van der Waals surface area contributed by atoms with Crippen LogP contribution in [0.15, 0.2) is 101 Å². The number of unbranched alkanes of at least 4 members (excludes halogenated alkanes) is 1. The predicted octanol–water partition coefficient (Wildman–Crippen LogP) is -3.57. The van der Waals surface area contributed by atoms with E-state index in [0.717, 1.165) is 0 Å². The van der Waals surface area contributed by atoms with Crippen LogP contribution in [-0.2, 0) is 72.0 Å². The second-order valence-corrected chi connectivity index (χ2v) is 21.7. The molecule has 0 radical (unpaired) electrons. The Balaban J connectivity index is 2.00. The quantitative estimate of drug-likeness (QED) is 0.0148. The number of carboxylic acid groups (broad SMARTS) is 1. The maximum Gasteiger partial charge on any atom is 0.303 e. The van der Waals surface area contributed by atoms with Gasteiger partial charge in [-0.3, -0.25) is 62.7 Å². The van der Waals surface area contributed by atoms with E-state index in [9.17, 15) is 57.8 Å². The largest absolute Gasteiger partial charge is 0.481 e. The zero-order valence-electron chi connectivity index (χ0n) is 50.9. The number of nitrogens with two attached hydrogens (primary N) is 8. The van der Waals surface area contributed by atoms with Gasteiger partial charge in [0.1, 0.15) is 48.3 Å². The molecular formula is C60H90N18O12. The molecule has 0 fully saturated rings. The van der Waals surface area contributed by atoms with Crippen LogP contribution < -0.4 is 88.4 Å². The number of benzene rings is 3. The van der Waals surface area contributed by atoms with Gasteiger partial charge >= 0.3 is 5.97 Å². The fraction of sp³-hybridized carbons (Fsp3) is 0.483. The highest BCUT2D eigenvalue weighted by molar-refractivity contribution is 5.99. The molecule has 10 amide bonds. The van der Waals surface area contributed by atoms with Crippen molar-refractivity contribution in [2.24, 2.45) is 61.8 Å². The lowest BCUT2D eigenvalue weighted by molar-refractivity contribution is -0.138. The third-order valence-corrected chi connectivity index (χ3v) is 14.3. The fourth-order valence-electron chi connectivity index (χ4n) is 9.18. The molecule has 0 saturated heterocycles. The van der Waals surface area contributed by atoms with Gasteiger partial charge in [0.25, 0.3) is 0 Å². The number of carboxylic acids is 1. The van der Waals surface area contributed by atoms with Crippen LogP contribution in [-0.4, -0.2) is 156 Å². The van der Waals surface area contributed by atoms with Gasteiger partial charge in [0, 0.05) is 38.8 Å². The van der Waals surface area contributed by atoms with Crippen LogP contribution in [0, 0.1) is 5.92 Å². The minimum absolute atomic E-state index is 0.0360. The number of hydrogen-bond donors (Lipinski definition) is 17. The zero-order chi connectivity index (χ0) is 66.7. The van der Waals surface area contributed by atoms with E-state index in [1.54, 1.807) is 105 Å². The summed E-state index contributed by atoms with van der Waals surface area (Å²) >= 11 is 0. The van der Waals surface area contributed by atoms with Crippen molar-refractivity contribution in [3.8, 4) is 0 Å². The van der Waals surface area contributed by atoms with Crippen LogP contribution in [0.1, 0.15) is 101 Å². The first-order valence-electron chi connectivity index (χ1n) is 29.7. The third kappa shape index (κ3) is 28.4. The molecule has 492 valence electrons. The van der Waals surface area contributed by atoms with Gasteiger partial charge in [0.05, 0.1) is 12.5 Å². The number of rotatable bonds is 42. The molecule has 0 aliphatic rings. The minimum atomic E-state index is -1.69. The van der Waals surface area contributed by atoms with E-state index in [4.69, 9.17) is 45.9 Å². The van der Waals surface area contributed by atoms with Crippen molar-refractivity contribution in [3.05, 3.63) is 108 Å². The molecule has 0 aliphatic carbocycles. The van der Waals surface area contributed by atoms with Gasteiger partial charge < -0.3 is 93.5 Å². The Labute approximate surface area is 522 Å². The topological polar surface area (TPSA) is 537 Å². The average Bonchev–Trinajstić information content (AvgIpc) is 1.97. The molecule has 3 aromatic carbocycles. The maximum absolute atomic E-state index is 14.7. The molecule has 90 heavy (non-hydrogen) atoms. The summed E-state index contributed by atoms with van der Waals surface area (Å²) in [6, 6.07) is 12.8. The Morgan fingerprint density at radius 3 is 1.23 bits per heavy atom. The Morgan fingerprint density at radius 2 is 0.811 bits per heavy atom. The third-order valence-electron chi connectivity index (χ3n) is 14.3. The van der Waals surface area contributed by atoms with Crippen LogP contribution in [0.5, 0.6) is 0 Å².